The summed E-state index contributed by atoms with van der Waals surface area (Å²) in [6.45, 7) is 0.683. The molecule has 2 aromatic rings. The molecule has 0 aromatic heterocycles. The lowest BCUT2D eigenvalue weighted by Gasteiger charge is -2.07. The number of carbonyl (C=O) groups is 1. The Hall–Kier alpha value is -2.37. The zero-order valence-electron chi connectivity index (χ0n) is 14.9. The number of unbranched alkanes of at least 4 members (excludes halogenated alkanes) is 2. The number of hydrogen-bond acceptors (Lipinski definition) is 3. The molecule has 2 aromatic carbocycles. The fourth-order valence-electron chi connectivity index (χ4n) is 2.43. The van der Waals surface area contributed by atoms with E-state index in [9.17, 15) is 9.59 Å². The third-order valence-corrected chi connectivity index (χ3v) is 4.46. The minimum atomic E-state index is -0.365. The molecule has 0 fully saturated rings. The van der Waals surface area contributed by atoms with Crippen LogP contribution in [-0.2, 0) is 14.3 Å². The lowest BCUT2D eigenvalue weighted by Crippen LogP contribution is -1.97. The van der Waals surface area contributed by atoms with E-state index in [4.69, 9.17) is 4.74 Å². The molecule has 4 nitrogen and oxygen atoms in total. The lowest BCUT2D eigenvalue weighted by molar-refractivity contribution is -0.134. The largest absolute Gasteiger partial charge is 0.494 e. The van der Waals surface area contributed by atoms with Crippen molar-refractivity contribution in [1.82, 2.24) is 0 Å². The van der Waals surface area contributed by atoms with Crippen molar-refractivity contribution in [2.75, 3.05) is 13.7 Å². The number of benzene rings is 2. The van der Waals surface area contributed by atoms with Crippen molar-refractivity contribution < 1.29 is 19.1 Å². The number of hydrogen-bond donors (Lipinski definition) is 0. The summed E-state index contributed by atoms with van der Waals surface area (Å²) in [5.74, 6) is 0.493. The Kier molecular flexibility index (Phi) is 8.66. The van der Waals surface area contributed by atoms with Gasteiger partial charge < -0.3 is 9.47 Å². The van der Waals surface area contributed by atoms with E-state index in [-0.39, 0.29) is 15.7 Å². The van der Waals surface area contributed by atoms with Gasteiger partial charge in [0.15, 0.2) is 0 Å². The van der Waals surface area contributed by atoms with Crippen LogP contribution < -0.4 is 4.74 Å². The number of ether oxygens (including phenoxy) is 2. The molecule has 0 unspecified atom stereocenters. The molecule has 0 aliphatic rings. The van der Waals surface area contributed by atoms with Crippen LogP contribution in [-0.4, -0.2) is 29.4 Å². The standard InChI is InChI=1S/C21H23O4Si/c1-24-21(22)14-7-17-5-8-18(9-6-17)19-10-12-20(13-11-19)25-15-3-2-4-16-26-23/h5-14H,2-4,15-16H2,1H3/b14-7+. The molecule has 0 saturated carbocycles. The van der Waals surface area contributed by atoms with Gasteiger partial charge in [0.05, 0.1) is 13.7 Å². The molecule has 3 radical (unpaired) electrons. The summed E-state index contributed by atoms with van der Waals surface area (Å²) in [6, 6.07) is 16.8. The van der Waals surface area contributed by atoms with Crippen LogP contribution in [0.15, 0.2) is 54.6 Å². The van der Waals surface area contributed by atoms with Gasteiger partial charge in [-0.25, -0.2) is 4.79 Å². The maximum atomic E-state index is 11.1. The second-order valence-electron chi connectivity index (χ2n) is 5.81. The first-order valence-corrected chi connectivity index (χ1v) is 9.79. The van der Waals surface area contributed by atoms with Crippen molar-refractivity contribution in [2.45, 2.75) is 25.3 Å². The summed E-state index contributed by atoms with van der Waals surface area (Å²) >= 11 is 0. The van der Waals surface area contributed by atoms with Gasteiger partial charge in [0, 0.05) is 6.08 Å². The maximum absolute atomic E-state index is 11.1. The normalized spacial score (nSPS) is 10.8. The molecule has 0 aliphatic carbocycles. The van der Waals surface area contributed by atoms with Crippen LogP contribution >= 0.6 is 0 Å². The third-order valence-electron chi connectivity index (χ3n) is 3.90. The molecule has 0 aliphatic heterocycles. The Bertz CT molecular complexity index is 693. The molecule has 0 heterocycles. The number of rotatable bonds is 10. The Labute approximate surface area is 157 Å². The molecule has 2 rings (SSSR count). The molecular weight excluding hydrogens is 344 g/mol. The molecule has 135 valence electrons. The molecule has 0 saturated heterocycles. The summed E-state index contributed by atoms with van der Waals surface area (Å²) in [5.41, 5.74) is 3.15. The van der Waals surface area contributed by atoms with Crippen molar-refractivity contribution in [3.63, 3.8) is 0 Å². The molecule has 0 atom stereocenters. The fourth-order valence-corrected chi connectivity index (χ4v) is 2.82. The monoisotopic (exact) mass is 367 g/mol. The first-order chi connectivity index (χ1) is 12.7. The van der Waals surface area contributed by atoms with Gasteiger partial charge >= 0.3 is 5.97 Å². The molecule has 0 bridgehead atoms. The van der Waals surface area contributed by atoms with Crippen LogP contribution in [0.25, 0.3) is 17.2 Å². The number of methoxy groups -OCH3 is 1. The second kappa shape index (κ2) is 11.3. The predicted molar refractivity (Wildman–Crippen MR) is 104 cm³/mol. The van der Waals surface area contributed by atoms with Gasteiger partial charge in [0.1, 0.15) is 5.75 Å². The lowest BCUT2D eigenvalue weighted by atomic mass is 10.0. The van der Waals surface area contributed by atoms with Crippen molar-refractivity contribution in [3.8, 4) is 16.9 Å². The Morgan fingerprint density at radius 2 is 1.62 bits per heavy atom. The molecule has 0 spiro atoms. The van der Waals surface area contributed by atoms with Gasteiger partial charge in [0.25, 0.3) is 9.76 Å². The Balaban J connectivity index is 1.85. The summed E-state index contributed by atoms with van der Waals surface area (Å²) in [5, 5.41) is 0. The van der Waals surface area contributed by atoms with Gasteiger partial charge in [-0.15, -0.1) is 0 Å². The molecule has 0 amide bonds. The summed E-state index contributed by atoms with van der Waals surface area (Å²) < 4.78 is 10.3. The highest BCUT2D eigenvalue weighted by atomic mass is 28.2. The first-order valence-electron chi connectivity index (χ1n) is 8.67. The van der Waals surface area contributed by atoms with E-state index < -0.39 is 0 Å². The minimum absolute atomic E-state index is 0.190. The second-order valence-corrected chi connectivity index (χ2v) is 6.60. The van der Waals surface area contributed by atoms with E-state index in [1.165, 1.54) is 13.2 Å². The van der Waals surface area contributed by atoms with Crippen molar-refractivity contribution in [1.29, 1.82) is 0 Å². The smallest absolute Gasteiger partial charge is 0.330 e. The van der Waals surface area contributed by atoms with Crippen LogP contribution in [0.2, 0.25) is 6.04 Å². The Morgan fingerprint density at radius 1 is 0.962 bits per heavy atom. The summed E-state index contributed by atoms with van der Waals surface area (Å²) in [7, 11) is 1.17. The van der Waals surface area contributed by atoms with Crippen LogP contribution in [0, 0.1) is 0 Å². The highest BCUT2D eigenvalue weighted by Gasteiger charge is 2.00. The highest BCUT2D eigenvalue weighted by molar-refractivity contribution is 6.24. The fraction of sp³-hybridized carbons (Fsp3) is 0.286. The van der Waals surface area contributed by atoms with Crippen LogP contribution in [0.1, 0.15) is 24.8 Å². The first kappa shape index (κ1) is 19.9. The summed E-state index contributed by atoms with van der Waals surface area (Å²) in [6.07, 6.45) is 6.15. The van der Waals surface area contributed by atoms with Crippen molar-refractivity contribution in [3.05, 3.63) is 60.2 Å². The average molecular weight is 367 g/mol. The summed E-state index contributed by atoms with van der Waals surface area (Å²) in [4.78, 5) is 21.5. The minimum Gasteiger partial charge on any atom is -0.494 e. The van der Waals surface area contributed by atoms with Crippen molar-refractivity contribution in [2.24, 2.45) is 0 Å². The van der Waals surface area contributed by atoms with Gasteiger partial charge in [-0.3, -0.25) is 4.80 Å². The zero-order valence-corrected chi connectivity index (χ0v) is 15.9. The van der Waals surface area contributed by atoms with E-state index in [0.717, 1.165) is 47.7 Å². The average Bonchev–Trinajstić information content (AvgIpc) is 2.69. The Morgan fingerprint density at radius 3 is 2.23 bits per heavy atom. The van der Waals surface area contributed by atoms with E-state index in [1.807, 2.05) is 48.5 Å². The van der Waals surface area contributed by atoms with Gasteiger partial charge in [0.2, 0.25) is 0 Å². The molecule has 0 N–H and O–H groups in total. The molecule has 26 heavy (non-hydrogen) atoms. The predicted octanol–water partition coefficient (Wildman–Crippen LogP) is 4.56. The van der Waals surface area contributed by atoms with Crippen LogP contribution in [0.5, 0.6) is 5.75 Å². The molecular formula is C21H23O4Si. The van der Waals surface area contributed by atoms with Crippen LogP contribution in [0.4, 0.5) is 0 Å². The topological polar surface area (TPSA) is 55.4 Å². The SMILES string of the molecule is COC(=O)/C=C/c1ccc(-c2ccc(OCCCCC[Si][O])cc2)cc1. The maximum Gasteiger partial charge on any atom is 0.330 e. The van der Waals surface area contributed by atoms with E-state index in [1.54, 1.807) is 6.08 Å². The zero-order chi connectivity index (χ0) is 18.6. The quantitative estimate of drug-likeness (QED) is 0.268. The third kappa shape index (κ3) is 6.86. The van der Waals surface area contributed by atoms with E-state index >= 15 is 0 Å². The number of esters is 1. The highest BCUT2D eigenvalue weighted by Crippen LogP contribution is 2.23. The van der Waals surface area contributed by atoms with Crippen molar-refractivity contribution >= 4 is 21.8 Å². The molecule has 5 heteroatoms. The van der Waals surface area contributed by atoms with E-state index in [0.29, 0.717) is 6.61 Å². The van der Waals surface area contributed by atoms with E-state index in [2.05, 4.69) is 4.74 Å². The van der Waals surface area contributed by atoms with Gasteiger partial charge in [-0.05, 0) is 47.4 Å². The van der Waals surface area contributed by atoms with Gasteiger partial charge in [-0.1, -0.05) is 49.2 Å². The van der Waals surface area contributed by atoms with Gasteiger partial charge in [-0.2, -0.15) is 0 Å². The van der Waals surface area contributed by atoms with Crippen LogP contribution in [0.3, 0.4) is 0 Å². The number of carbonyl (C=O) groups excluding carboxylic acids is 1.